The molecule has 0 aromatic carbocycles. The minimum Gasteiger partial charge on any atom is -0.370 e. The second-order valence-corrected chi connectivity index (χ2v) is 6.49. The van der Waals surface area contributed by atoms with Gasteiger partial charge in [0.2, 0.25) is 0 Å². The molecule has 0 amide bonds. The van der Waals surface area contributed by atoms with Gasteiger partial charge >= 0.3 is 0 Å². The first-order chi connectivity index (χ1) is 10.1. The second kappa shape index (κ2) is 7.62. The van der Waals surface area contributed by atoms with Crippen molar-refractivity contribution in [1.29, 1.82) is 0 Å². The zero-order valence-corrected chi connectivity index (χ0v) is 13.9. The normalized spacial score (nSPS) is 17.3. The molecule has 0 spiro atoms. The molecule has 1 fully saturated rings. The van der Waals surface area contributed by atoms with Crippen LogP contribution in [0.5, 0.6) is 0 Å². The van der Waals surface area contributed by atoms with Crippen LogP contribution in [0.3, 0.4) is 0 Å². The van der Waals surface area contributed by atoms with Crippen LogP contribution in [0.4, 0.5) is 11.6 Å². The number of hydrogen-bond donors (Lipinski definition) is 2. The average molecular weight is 290 g/mol. The number of anilines is 2. The Morgan fingerprint density at radius 3 is 2.52 bits per heavy atom. The van der Waals surface area contributed by atoms with Gasteiger partial charge in [-0.15, -0.1) is 0 Å². The minimum atomic E-state index is 0.445. The maximum Gasteiger partial charge on any atom is 0.136 e. The molecule has 2 rings (SSSR count). The van der Waals surface area contributed by atoms with E-state index in [9.17, 15) is 0 Å². The third-order valence-electron chi connectivity index (χ3n) is 4.09. The zero-order valence-electron chi connectivity index (χ0n) is 13.9. The van der Waals surface area contributed by atoms with Crippen LogP contribution in [0.15, 0.2) is 6.07 Å². The fourth-order valence-corrected chi connectivity index (χ4v) is 2.49. The van der Waals surface area contributed by atoms with E-state index >= 15 is 0 Å². The predicted molar refractivity (Wildman–Crippen MR) is 89.9 cm³/mol. The molecule has 1 aliphatic rings. The van der Waals surface area contributed by atoms with Gasteiger partial charge < -0.3 is 10.6 Å². The highest BCUT2D eigenvalue weighted by molar-refractivity contribution is 5.48. The van der Waals surface area contributed by atoms with Crippen LogP contribution in [-0.2, 0) is 0 Å². The summed E-state index contributed by atoms with van der Waals surface area (Å²) in [6.07, 6.45) is 5.98. The highest BCUT2D eigenvalue weighted by Gasteiger charge is 2.27. The Balaban J connectivity index is 2.04. The lowest BCUT2D eigenvalue weighted by Gasteiger charge is -2.19. The van der Waals surface area contributed by atoms with Gasteiger partial charge in [0.05, 0.1) is 0 Å². The van der Waals surface area contributed by atoms with Crippen molar-refractivity contribution in [3.63, 3.8) is 0 Å². The summed E-state index contributed by atoms with van der Waals surface area (Å²) in [6.45, 7) is 9.93. The average Bonchev–Trinajstić information content (AvgIpc) is 3.29. The first kappa shape index (κ1) is 16.1. The molecule has 2 unspecified atom stereocenters. The maximum atomic E-state index is 4.71. The van der Waals surface area contributed by atoms with E-state index in [1.165, 1.54) is 25.7 Å². The lowest BCUT2D eigenvalue weighted by atomic mass is 10.0. The van der Waals surface area contributed by atoms with E-state index in [1.807, 2.05) is 0 Å². The summed E-state index contributed by atoms with van der Waals surface area (Å²) in [4.78, 5) is 9.37. The fourth-order valence-electron chi connectivity index (χ4n) is 2.49. The van der Waals surface area contributed by atoms with Gasteiger partial charge in [-0.25, -0.2) is 9.97 Å². The van der Waals surface area contributed by atoms with Crippen molar-refractivity contribution >= 4 is 11.6 Å². The monoisotopic (exact) mass is 290 g/mol. The Morgan fingerprint density at radius 1 is 1.19 bits per heavy atom. The van der Waals surface area contributed by atoms with Crippen molar-refractivity contribution in [2.75, 3.05) is 17.2 Å². The molecule has 1 aromatic heterocycles. The lowest BCUT2D eigenvalue weighted by molar-refractivity contribution is 0.483. The van der Waals surface area contributed by atoms with E-state index < -0.39 is 0 Å². The Hall–Kier alpha value is -1.32. The van der Waals surface area contributed by atoms with Gasteiger partial charge in [-0.3, -0.25) is 0 Å². The molecule has 0 radical (unpaired) electrons. The second-order valence-electron chi connectivity index (χ2n) is 6.49. The van der Waals surface area contributed by atoms with Crippen LogP contribution in [0.25, 0.3) is 0 Å². The third kappa shape index (κ3) is 5.18. The van der Waals surface area contributed by atoms with Gasteiger partial charge in [0, 0.05) is 24.6 Å². The molecular weight excluding hydrogens is 260 g/mol. The van der Waals surface area contributed by atoms with E-state index in [1.54, 1.807) is 0 Å². The molecule has 1 heterocycles. The van der Waals surface area contributed by atoms with Crippen molar-refractivity contribution in [2.45, 2.75) is 71.8 Å². The van der Waals surface area contributed by atoms with Crippen LogP contribution in [-0.4, -0.2) is 22.6 Å². The highest BCUT2D eigenvalue weighted by atomic mass is 15.1. The molecule has 1 aliphatic carbocycles. The van der Waals surface area contributed by atoms with Gasteiger partial charge in [0.15, 0.2) is 0 Å². The van der Waals surface area contributed by atoms with E-state index in [0.717, 1.165) is 36.3 Å². The van der Waals surface area contributed by atoms with Gasteiger partial charge in [0.25, 0.3) is 0 Å². The molecule has 2 atom stereocenters. The van der Waals surface area contributed by atoms with E-state index in [-0.39, 0.29) is 0 Å². The quantitative estimate of drug-likeness (QED) is 0.707. The first-order valence-corrected chi connectivity index (χ1v) is 8.51. The molecule has 21 heavy (non-hydrogen) atoms. The van der Waals surface area contributed by atoms with Crippen LogP contribution in [0.2, 0.25) is 0 Å². The first-order valence-electron chi connectivity index (χ1n) is 8.51. The van der Waals surface area contributed by atoms with Gasteiger partial charge in [-0.2, -0.15) is 0 Å². The lowest BCUT2D eigenvalue weighted by Crippen LogP contribution is -2.20. The summed E-state index contributed by atoms with van der Waals surface area (Å²) < 4.78 is 0. The maximum absolute atomic E-state index is 4.71. The molecular formula is C17H30N4. The predicted octanol–water partition coefficient (Wildman–Crippen LogP) is 4.41. The Bertz CT molecular complexity index is 442. The van der Waals surface area contributed by atoms with Crippen LogP contribution in [0.1, 0.15) is 71.5 Å². The summed E-state index contributed by atoms with van der Waals surface area (Å²) in [5.41, 5.74) is 0. The summed E-state index contributed by atoms with van der Waals surface area (Å²) >= 11 is 0. The third-order valence-corrected chi connectivity index (χ3v) is 4.09. The zero-order chi connectivity index (χ0) is 15.2. The van der Waals surface area contributed by atoms with Gasteiger partial charge in [-0.1, -0.05) is 27.2 Å². The summed E-state index contributed by atoms with van der Waals surface area (Å²) in [5, 5.41) is 6.95. The molecule has 1 aromatic rings. The number of hydrogen-bond acceptors (Lipinski definition) is 4. The summed E-state index contributed by atoms with van der Waals surface area (Å²) in [7, 11) is 0. The van der Waals surface area contributed by atoms with Crippen molar-refractivity contribution in [3.05, 3.63) is 11.9 Å². The van der Waals surface area contributed by atoms with Crippen molar-refractivity contribution < 1.29 is 0 Å². The van der Waals surface area contributed by atoms with E-state index in [2.05, 4.69) is 49.4 Å². The minimum absolute atomic E-state index is 0.445. The Labute approximate surface area is 129 Å². The Kier molecular flexibility index (Phi) is 5.83. The summed E-state index contributed by atoms with van der Waals surface area (Å²) in [6, 6.07) is 2.50. The SMILES string of the molecule is CCCNc1cc(NC(C)CC(C)CC)nc(C2CC2)n1. The fraction of sp³-hybridized carbons (Fsp3) is 0.765. The Morgan fingerprint density at radius 2 is 1.90 bits per heavy atom. The number of nitrogens with one attached hydrogen (secondary N) is 2. The molecule has 0 aliphatic heterocycles. The van der Waals surface area contributed by atoms with Crippen LogP contribution < -0.4 is 10.6 Å². The smallest absolute Gasteiger partial charge is 0.136 e. The molecule has 4 nitrogen and oxygen atoms in total. The van der Waals surface area contributed by atoms with E-state index in [0.29, 0.717) is 12.0 Å². The number of nitrogens with zero attached hydrogens (tertiary/aromatic N) is 2. The molecule has 0 saturated heterocycles. The topological polar surface area (TPSA) is 49.8 Å². The van der Waals surface area contributed by atoms with Crippen molar-refractivity contribution in [1.82, 2.24) is 9.97 Å². The molecule has 118 valence electrons. The molecule has 1 saturated carbocycles. The molecule has 4 heteroatoms. The number of rotatable bonds is 9. The van der Waals surface area contributed by atoms with E-state index in [4.69, 9.17) is 4.98 Å². The van der Waals surface area contributed by atoms with Crippen LogP contribution >= 0.6 is 0 Å². The van der Waals surface area contributed by atoms with Crippen molar-refractivity contribution in [2.24, 2.45) is 5.92 Å². The summed E-state index contributed by atoms with van der Waals surface area (Å²) in [5.74, 6) is 4.27. The molecule has 2 N–H and O–H groups in total. The standard InChI is InChI=1S/C17H30N4/c1-5-9-18-15-11-16(19-13(4)10-12(3)6-2)21-17(20-15)14-7-8-14/h11-14H,5-10H2,1-4H3,(H2,18,19,20,21). The van der Waals surface area contributed by atoms with Crippen LogP contribution in [0, 0.1) is 5.92 Å². The van der Waals surface area contributed by atoms with Gasteiger partial charge in [-0.05, 0) is 38.5 Å². The number of aromatic nitrogens is 2. The highest BCUT2D eigenvalue weighted by Crippen LogP contribution is 2.38. The largest absolute Gasteiger partial charge is 0.370 e. The van der Waals surface area contributed by atoms with Crippen molar-refractivity contribution in [3.8, 4) is 0 Å². The molecule has 0 bridgehead atoms. The van der Waals surface area contributed by atoms with Gasteiger partial charge in [0.1, 0.15) is 17.5 Å².